The molecule has 3 N–H and O–H groups in total. The van der Waals surface area contributed by atoms with Crippen molar-refractivity contribution in [1.29, 1.82) is 0 Å². The van der Waals surface area contributed by atoms with E-state index in [0.717, 1.165) is 26.0 Å². The highest BCUT2D eigenvalue weighted by Crippen LogP contribution is 2.22. The molecule has 0 amide bonds. The zero-order valence-corrected chi connectivity index (χ0v) is 9.16. The molecule has 0 aliphatic heterocycles. The first-order valence-electron chi connectivity index (χ1n) is 5.35. The average molecular weight is 202 g/mol. The van der Waals surface area contributed by atoms with Gasteiger partial charge in [-0.3, -0.25) is 0 Å². The number of methoxy groups -OCH3 is 1. The zero-order valence-electron chi connectivity index (χ0n) is 9.16. The van der Waals surface area contributed by atoms with Crippen molar-refractivity contribution < 1.29 is 9.47 Å². The fourth-order valence-electron chi connectivity index (χ4n) is 1.70. The molecule has 0 aromatic carbocycles. The normalized spacial score (nSPS) is 28.5. The molecule has 0 bridgehead atoms. The van der Waals surface area contributed by atoms with Crippen LogP contribution in [0.5, 0.6) is 0 Å². The maximum absolute atomic E-state index is 5.79. The number of nitrogens with one attached hydrogen (secondary N) is 1. The van der Waals surface area contributed by atoms with E-state index < -0.39 is 0 Å². The Kier molecular flexibility index (Phi) is 5.40. The van der Waals surface area contributed by atoms with Crippen molar-refractivity contribution in [2.75, 3.05) is 26.9 Å². The summed E-state index contributed by atoms with van der Waals surface area (Å²) in [6.07, 6.45) is 2.71. The van der Waals surface area contributed by atoms with Gasteiger partial charge in [0, 0.05) is 32.3 Å². The molecule has 0 radical (unpaired) electrons. The molecule has 84 valence electrons. The molecule has 1 atom stereocenters. The Hall–Kier alpha value is -0.160. The first-order chi connectivity index (χ1) is 6.76. The minimum Gasteiger partial charge on any atom is -0.383 e. The summed E-state index contributed by atoms with van der Waals surface area (Å²) in [6.45, 7) is 4.31. The third kappa shape index (κ3) is 3.92. The van der Waals surface area contributed by atoms with Gasteiger partial charge in [0.2, 0.25) is 0 Å². The van der Waals surface area contributed by atoms with Crippen LogP contribution in [0.25, 0.3) is 0 Å². The lowest BCUT2D eigenvalue weighted by molar-refractivity contribution is -0.0104. The predicted molar refractivity (Wildman–Crippen MR) is 56.3 cm³/mol. The molecule has 1 unspecified atom stereocenters. The molecule has 0 saturated heterocycles. The van der Waals surface area contributed by atoms with Crippen LogP contribution in [0.1, 0.15) is 19.8 Å². The highest BCUT2D eigenvalue weighted by Gasteiger charge is 2.29. The minimum absolute atomic E-state index is 0.103. The van der Waals surface area contributed by atoms with Gasteiger partial charge in [-0.15, -0.1) is 0 Å². The molecule has 4 nitrogen and oxygen atoms in total. The van der Waals surface area contributed by atoms with Gasteiger partial charge in [-0.1, -0.05) is 0 Å². The van der Waals surface area contributed by atoms with Gasteiger partial charge in [0.15, 0.2) is 0 Å². The second kappa shape index (κ2) is 6.35. The van der Waals surface area contributed by atoms with Crippen LogP contribution in [-0.2, 0) is 9.47 Å². The fraction of sp³-hybridized carbons (Fsp3) is 1.00. The van der Waals surface area contributed by atoms with E-state index in [2.05, 4.69) is 5.32 Å². The Morgan fingerprint density at radius 3 is 2.79 bits per heavy atom. The minimum atomic E-state index is 0.103. The number of rotatable bonds is 7. The van der Waals surface area contributed by atoms with Crippen LogP contribution in [0.15, 0.2) is 0 Å². The van der Waals surface area contributed by atoms with Crippen LogP contribution in [0.4, 0.5) is 0 Å². The first-order valence-corrected chi connectivity index (χ1v) is 5.35. The second-order valence-corrected chi connectivity index (χ2v) is 3.87. The molecule has 1 rings (SSSR count). The highest BCUT2D eigenvalue weighted by atomic mass is 16.5. The lowest BCUT2D eigenvalue weighted by Gasteiger charge is -2.36. The molecule has 1 aliphatic carbocycles. The van der Waals surface area contributed by atoms with Crippen LogP contribution in [0.3, 0.4) is 0 Å². The SMILES string of the molecule is CCOC1CC(NCC(N)COC)C1. The van der Waals surface area contributed by atoms with E-state index in [1.54, 1.807) is 7.11 Å². The van der Waals surface area contributed by atoms with Gasteiger partial charge in [0.1, 0.15) is 0 Å². The maximum atomic E-state index is 5.79. The van der Waals surface area contributed by atoms with Gasteiger partial charge in [0.25, 0.3) is 0 Å². The second-order valence-electron chi connectivity index (χ2n) is 3.87. The van der Waals surface area contributed by atoms with Crippen LogP contribution < -0.4 is 11.1 Å². The van der Waals surface area contributed by atoms with E-state index in [1.807, 2.05) is 6.92 Å². The van der Waals surface area contributed by atoms with Gasteiger partial charge in [-0.25, -0.2) is 0 Å². The van der Waals surface area contributed by atoms with Crippen molar-refractivity contribution in [3.63, 3.8) is 0 Å². The molecule has 1 saturated carbocycles. The van der Waals surface area contributed by atoms with Crippen molar-refractivity contribution in [1.82, 2.24) is 5.32 Å². The van der Waals surface area contributed by atoms with Gasteiger partial charge in [-0.05, 0) is 19.8 Å². The molecule has 4 heteroatoms. The van der Waals surface area contributed by atoms with E-state index >= 15 is 0 Å². The van der Waals surface area contributed by atoms with E-state index in [1.165, 1.54) is 0 Å². The predicted octanol–water partition coefficient (Wildman–Crippen LogP) is 0.117. The highest BCUT2D eigenvalue weighted by molar-refractivity contribution is 4.86. The monoisotopic (exact) mass is 202 g/mol. The van der Waals surface area contributed by atoms with Crippen LogP contribution in [0.2, 0.25) is 0 Å². The van der Waals surface area contributed by atoms with Crippen LogP contribution in [0, 0.1) is 0 Å². The van der Waals surface area contributed by atoms with Crippen LogP contribution in [-0.4, -0.2) is 45.1 Å². The Morgan fingerprint density at radius 2 is 2.21 bits per heavy atom. The molecule has 0 heterocycles. The average Bonchev–Trinajstić information content (AvgIpc) is 2.09. The lowest BCUT2D eigenvalue weighted by Crippen LogP contribution is -2.49. The summed E-state index contributed by atoms with van der Waals surface area (Å²) >= 11 is 0. The third-order valence-corrected chi connectivity index (χ3v) is 2.55. The smallest absolute Gasteiger partial charge is 0.0626 e. The summed E-state index contributed by atoms with van der Waals surface area (Å²) < 4.78 is 10.4. The van der Waals surface area contributed by atoms with Crippen molar-refractivity contribution in [2.45, 2.75) is 38.0 Å². The zero-order chi connectivity index (χ0) is 10.4. The van der Waals surface area contributed by atoms with Crippen molar-refractivity contribution in [3.8, 4) is 0 Å². The molecule has 0 aromatic rings. The Balaban J connectivity index is 1.95. The van der Waals surface area contributed by atoms with Gasteiger partial charge in [-0.2, -0.15) is 0 Å². The molecule has 14 heavy (non-hydrogen) atoms. The summed E-state index contributed by atoms with van der Waals surface area (Å²) in [4.78, 5) is 0. The van der Waals surface area contributed by atoms with Crippen LogP contribution >= 0.6 is 0 Å². The molecular formula is C10H22N2O2. The van der Waals surface area contributed by atoms with Gasteiger partial charge >= 0.3 is 0 Å². The molecule has 0 spiro atoms. The van der Waals surface area contributed by atoms with Gasteiger partial charge < -0.3 is 20.5 Å². The summed E-state index contributed by atoms with van der Waals surface area (Å²) in [5, 5.41) is 3.41. The van der Waals surface area contributed by atoms with Gasteiger partial charge in [0.05, 0.1) is 12.7 Å². The fourth-order valence-corrected chi connectivity index (χ4v) is 1.70. The van der Waals surface area contributed by atoms with Crippen molar-refractivity contribution in [3.05, 3.63) is 0 Å². The molecule has 1 fully saturated rings. The summed E-state index contributed by atoms with van der Waals surface area (Å²) in [5.41, 5.74) is 5.79. The number of hydrogen-bond donors (Lipinski definition) is 2. The van der Waals surface area contributed by atoms with E-state index in [-0.39, 0.29) is 6.04 Å². The number of hydrogen-bond acceptors (Lipinski definition) is 4. The van der Waals surface area contributed by atoms with E-state index in [4.69, 9.17) is 15.2 Å². The molecular weight excluding hydrogens is 180 g/mol. The number of ether oxygens (including phenoxy) is 2. The van der Waals surface area contributed by atoms with E-state index in [9.17, 15) is 0 Å². The van der Waals surface area contributed by atoms with Crippen molar-refractivity contribution in [2.24, 2.45) is 5.73 Å². The Morgan fingerprint density at radius 1 is 1.50 bits per heavy atom. The summed E-state index contributed by atoms with van der Waals surface area (Å²) in [5.74, 6) is 0. The Bertz CT molecular complexity index is 149. The van der Waals surface area contributed by atoms with E-state index in [0.29, 0.717) is 18.8 Å². The summed E-state index contributed by atoms with van der Waals surface area (Å²) in [7, 11) is 1.67. The molecule has 1 aliphatic rings. The quantitative estimate of drug-likeness (QED) is 0.615. The number of nitrogens with two attached hydrogens (primary N) is 1. The first kappa shape index (κ1) is 11.9. The standard InChI is InChI=1S/C10H22N2O2/c1-3-14-10-4-9(5-10)12-6-8(11)7-13-2/h8-10,12H,3-7,11H2,1-2H3. The maximum Gasteiger partial charge on any atom is 0.0626 e. The topological polar surface area (TPSA) is 56.5 Å². The third-order valence-electron chi connectivity index (χ3n) is 2.55. The Labute approximate surface area is 86.1 Å². The largest absolute Gasteiger partial charge is 0.383 e. The lowest BCUT2D eigenvalue weighted by atomic mass is 9.89. The molecule has 0 aromatic heterocycles. The summed E-state index contributed by atoms with van der Waals surface area (Å²) in [6, 6.07) is 0.695. The van der Waals surface area contributed by atoms with Crippen molar-refractivity contribution >= 4 is 0 Å².